The van der Waals surface area contributed by atoms with E-state index < -0.39 is 48.0 Å². The zero-order valence-corrected chi connectivity index (χ0v) is 27.2. The number of carboxylic acids is 4. The molecule has 5 rings (SSSR count). The Balaban J connectivity index is 1.42. The van der Waals surface area contributed by atoms with Crippen molar-refractivity contribution in [3.8, 4) is 0 Å². The van der Waals surface area contributed by atoms with Crippen molar-refractivity contribution in [2.75, 3.05) is 0 Å². The SMILES string of the molecule is O=C(O)c1cccc(CC(OC(=O)c2cccc(C(=O)OC(Cc3cccc(C(=O)O)c3)c3cccc(C(=O)O)c3)c2)c2cccc(C(=O)O)c2)c1. The Hall–Kier alpha value is -7.08. The Kier molecular flexibility index (Phi) is 11.2. The standard InChI is InChI=1S/C40H30O12/c41-35(42)27-10-1-6-23(16-27)18-33(25-8-3-12-29(20-25)37(45)46)51-39(49)31-14-5-15-32(22-31)40(50)52-34(26-9-4-13-30(21-26)38(47)48)19-24-7-2-11-28(17-24)36(43)44/h1-17,20-22,33-34H,18-19H2,(H,41,42)(H,43,44)(H,45,46)(H,47,48). The molecule has 5 aromatic rings. The highest BCUT2D eigenvalue weighted by atomic mass is 16.5. The third-order valence-electron chi connectivity index (χ3n) is 8.03. The van der Waals surface area contributed by atoms with E-state index in [0.29, 0.717) is 22.3 Å². The number of aromatic carboxylic acids is 4. The Morgan fingerprint density at radius 1 is 0.404 bits per heavy atom. The van der Waals surface area contributed by atoms with Crippen LogP contribution in [0, 0.1) is 0 Å². The molecule has 0 bridgehead atoms. The van der Waals surface area contributed by atoms with E-state index in [0.717, 1.165) is 0 Å². The maximum Gasteiger partial charge on any atom is 0.338 e. The summed E-state index contributed by atoms with van der Waals surface area (Å²) in [5, 5.41) is 38.0. The molecule has 262 valence electrons. The van der Waals surface area contributed by atoms with E-state index in [1.807, 2.05) is 0 Å². The first kappa shape index (κ1) is 36.2. The molecular weight excluding hydrogens is 672 g/mol. The van der Waals surface area contributed by atoms with E-state index in [1.54, 1.807) is 24.3 Å². The molecule has 2 atom stereocenters. The molecule has 0 spiro atoms. The molecule has 0 fully saturated rings. The number of ether oxygens (including phenoxy) is 2. The molecule has 0 aromatic heterocycles. The molecule has 0 saturated heterocycles. The summed E-state index contributed by atoms with van der Waals surface area (Å²) in [4.78, 5) is 73.7. The lowest BCUT2D eigenvalue weighted by atomic mass is 9.98. The topological polar surface area (TPSA) is 202 Å². The average molecular weight is 703 g/mol. The van der Waals surface area contributed by atoms with Gasteiger partial charge in [0.05, 0.1) is 33.4 Å². The molecule has 12 nitrogen and oxygen atoms in total. The van der Waals surface area contributed by atoms with Gasteiger partial charge in [-0.25, -0.2) is 28.8 Å². The molecule has 5 aromatic carbocycles. The smallest absolute Gasteiger partial charge is 0.338 e. The lowest BCUT2D eigenvalue weighted by Crippen LogP contribution is -2.17. The van der Waals surface area contributed by atoms with Crippen LogP contribution in [0.15, 0.2) is 121 Å². The van der Waals surface area contributed by atoms with Crippen molar-refractivity contribution < 1.29 is 58.7 Å². The van der Waals surface area contributed by atoms with E-state index >= 15 is 0 Å². The summed E-state index contributed by atoms with van der Waals surface area (Å²) in [6, 6.07) is 29.1. The summed E-state index contributed by atoms with van der Waals surface area (Å²) in [7, 11) is 0. The van der Waals surface area contributed by atoms with Gasteiger partial charge in [0.25, 0.3) is 0 Å². The predicted molar refractivity (Wildman–Crippen MR) is 184 cm³/mol. The first-order valence-corrected chi connectivity index (χ1v) is 15.7. The highest BCUT2D eigenvalue weighted by molar-refractivity contribution is 5.96. The highest BCUT2D eigenvalue weighted by Gasteiger charge is 2.24. The summed E-state index contributed by atoms with van der Waals surface area (Å²) < 4.78 is 11.7. The first-order valence-electron chi connectivity index (χ1n) is 15.7. The molecule has 0 radical (unpaired) electrons. The third kappa shape index (κ3) is 9.12. The van der Waals surface area contributed by atoms with E-state index in [-0.39, 0.29) is 46.2 Å². The van der Waals surface area contributed by atoms with Crippen molar-refractivity contribution in [2.24, 2.45) is 0 Å². The van der Waals surface area contributed by atoms with E-state index in [2.05, 4.69) is 0 Å². The van der Waals surface area contributed by atoms with Crippen LogP contribution in [-0.2, 0) is 22.3 Å². The van der Waals surface area contributed by atoms with Crippen LogP contribution in [0.4, 0.5) is 0 Å². The lowest BCUT2D eigenvalue weighted by Gasteiger charge is -2.20. The molecule has 0 heterocycles. The van der Waals surface area contributed by atoms with Crippen LogP contribution in [0.2, 0.25) is 0 Å². The van der Waals surface area contributed by atoms with Crippen molar-refractivity contribution in [1.82, 2.24) is 0 Å². The number of hydrogen-bond donors (Lipinski definition) is 4. The van der Waals surface area contributed by atoms with Crippen LogP contribution in [0.1, 0.15) is 96.6 Å². The lowest BCUT2D eigenvalue weighted by molar-refractivity contribution is 0.0294. The predicted octanol–water partition coefficient (Wildman–Crippen LogP) is 6.76. The number of rotatable bonds is 14. The molecule has 0 aliphatic carbocycles. The highest BCUT2D eigenvalue weighted by Crippen LogP contribution is 2.28. The summed E-state index contributed by atoms with van der Waals surface area (Å²) in [5.41, 5.74) is 1.49. The van der Waals surface area contributed by atoms with Gasteiger partial charge >= 0.3 is 35.8 Å². The Morgan fingerprint density at radius 3 is 1.08 bits per heavy atom. The molecule has 0 aliphatic rings. The Morgan fingerprint density at radius 2 is 0.712 bits per heavy atom. The van der Waals surface area contributed by atoms with Crippen LogP contribution in [0.25, 0.3) is 0 Å². The van der Waals surface area contributed by atoms with Crippen molar-refractivity contribution in [3.05, 3.63) is 177 Å². The molecule has 12 heteroatoms. The van der Waals surface area contributed by atoms with Gasteiger partial charge in [-0.2, -0.15) is 0 Å². The van der Waals surface area contributed by atoms with Crippen molar-refractivity contribution in [1.29, 1.82) is 0 Å². The summed E-state index contributed by atoms with van der Waals surface area (Å²) in [5.74, 6) is -6.45. The minimum atomic E-state index is -1.20. The third-order valence-corrected chi connectivity index (χ3v) is 8.03. The number of carboxylic acid groups (broad SMARTS) is 4. The molecule has 4 N–H and O–H groups in total. The van der Waals surface area contributed by atoms with Crippen molar-refractivity contribution >= 4 is 35.8 Å². The number of hydrogen-bond acceptors (Lipinski definition) is 8. The second kappa shape index (κ2) is 16.1. The van der Waals surface area contributed by atoms with Gasteiger partial charge in [-0.15, -0.1) is 0 Å². The quantitative estimate of drug-likeness (QED) is 0.0887. The molecule has 0 aliphatic heterocycles. The minimum absolute atomic E-state index is 0.00215. The van der Waals surface area contributed by atoms with E-state index in [4.69, 9.17) is 9.47 Å². The van der Waals surface area contributed by atoms with Gasteiger partial charge < -0.3 is 29.9 Å². The largest absolute Gasteiger partial charge is 0.478 e. The molecule has 0 saturated carbocycles. The number of esters is 2. The zero-order chi connectivity index (χ0) is 37.4. The monoisotopic (exact) mass is 702 g/mol. The fourth-order valence-corrected chi connectivity index (χ4v) is 5.46. The minimum Gasteiger partial charge on any atom is -0.478 e. The molecule has 0 amide bonds. The maximum atomic E-state index is 13.6. The Labute approximate surface area is 296 Å². The average Bonchev–Trinajstić information content (AvgIpc) is 3.14. The van der Waals surface area contributed by atoms with Gasteiger partial charge in [0.1, 0.15) is 12.2 Å². The van der Waals surface area contributed by atoms with Crippen molar-refractivity contribution in [2.45, 2.75) is 25.0 Å². The van der Waals surface area contributed by atoms with Crippen LogP contribution in [-0.4, -0.2) is 56.2 Å². The maximum absolute atomic E-state index is 13.6. The second-order valence-corrected chi connectivity index (χ2v) is 11.6. The van der Waals surface area contributed by atoms with E-state index in [9.17, 15) is 49.2 Å². The summed E-state index contributed by atoms with van der Waals surface area (Å²) in [6.07, 6.45) is -2.12. The molecule has 2 unspecified atom stereocenters. The van der Waals surface area contributed by atoms with Crippen molar-refractivity contribution in [3.63, 3.8) is 0 Å². The fourth-order valence-electron chi connectivity index (χ4n) is 5.46. The Bertz CT molecular complexity index is 2040. The van der Waals surface area contributed by atoms with E-state index in [1.165, 1.54) is 97.1 Å². The van der Waals surface area contributed by atoms with Gasteiger partial charge in [0, 0.05) is 12.8 Å². The normalized spacial score (nSPS) is 11.8. The number of benzene rings is 5. The zero-order valence-electron chi connectivity index (χ0n) is 27.2. The molecular formula is C40H30O12. The van der Waals surface area contributed by atoms with Gasteiger partial charge in [0.15, 0.2) is 0 Å². The summed E-state index contributed by atoms with van der Waals surface area (Å²) in [6.45, 7) is 0. The van der Waals surface area contributed by atoms with Gasteiger partial charge in [-0.3, -0.25) is 0 Å². The van der Waals surface area contributed by atoms with Gasteiger partial charge in [-0.1, -0.05) is 54.6 Å². The van der Waals surface area contributed by atoms with Crippen LogP contribution >= 0.6 is 0 Å². The number of carbonyl (C=O) groups is 6. The van der Waals surface area contributed by atoms with Crippen LogP contribution in [0.5, 0.6) is 0 Å². The van der Waals surface area contributed by atoms with Gasteiger partial charge in [0.2, 0.25) is 0 Å². The number of carbonyl (C=O) groups excluding carboxylic acids is 2. The van der Waals surface area contributed by atoms with Crippen LogP contribution < -0.4 is 0 Å². The molecule has 52 heavy (non-hydrogen) atoms. The second-order valence-electron chi connectivity index (χ2n) is 11.6. The van der Waals surface area contributed by atoms with Crippen LogP contribution in [0.3, 0.4) is 0 Å². The first-order chi connectivity index (χ1) is 24.9. The van der Waals surface area contributed by atoms with Gasteiger partial charge in [-0.05, 0) is 89.0 Å². The summed E-state index contributed by atoms with van der Waals surface area (Å²) >= 11 is 0. The fraction of sp³-hybridized carbons (Fsp3) is 0.100.